The van der Waals surface area contributed by atoms with Gasteiger partial charge in [-0.05, 0) is 30.5 Å². The average molecular weight is 316 g/mol. The summed E-state index contributed by atoms with van der Waals surface area (Å²) in [5, 5.41) is 9.99. The molecule has 1 fully saturated rings. The number of carbonyl (C=O) groups excluding carboxylic acids is 1. The minimum absolute atomic E-state index is 0.0483. The van der Waals surface area contributed by atoms with E-state index in [0.717, 1.165) is 12.8 Å². The van der Waals surface area contributed by atoms with Gasteiger partial charge in [0.05, 0.1) is 16.0 Å². The van der Waals surface area contributed by atoms with Gasteiger partial charge >= 0.3 is 5.97 Å². The maximum atomic E-state index is 12.1. The average Bonchev–Trinajstić information content (AvgIpc) is 2.93. The van der Waals surface area contributed by atoms with Crippen molar-refractivity contribution in [1.29, 1.82) is 0 Å². The Morgan fingerprint density at radius 1 is 1.20 bits per heavy atom. The zero-order chi connectivity index (χ0) is 14.7. The molecule has 1 heterocycles. The Morgan fingerprint density at radius 3 is 2.40 bits per heavy atom. The normalized spacial score (nSPS) is 16.2. The summed E-state index contributed by atoms with van der Waals surface area (Å²) in [6.45, 7) is 1.43. The van der Waals surface area contributed by atoms with E-state index in [1.807, 2.05) is 0 Å². The highest BCUT2D eigenvalue weighted by molar-refractivity contribution is 6.42. The Morgan fingerprint density at radius 2 is 1.85 bits per heavy atom. The predicted octanol–water partition coefficient (Wildman–Crippen LogP) is 3.17. The quantitative estimate of drug-likeness (QED) is 0.928. The van der Waals surface area contributed by atoms with E-state index in [-0.39, 0.29) is 12.3 Å². The van der Waals surface area contributed by atoms with E-state index in [9.17, 15) is 14.7 Å². The zero-order valence-electron chi connectivity index (χ0n) is 10.8. The first-order chi connectivity index (χ1) is 9.49. The van der Waals surface area contributed by atoms with Crippen LogP contribution in [0.1, 0.15) is 30.7 Å². The summed E-state index contributed by atoms with van der Waals surface area (Å²) in [5.74, 6) is -2.05. The fourth-order valence-corrected chi connectivity index (χ4v) is 2.65. The Labute approximate surface area is 127 Å². The molecule has 0 radical (unpaired) electrons. The van der Waals surface area contributed by atoms with Crippen LogP contribution in [-0.4, -0.2) is 35.0 Å². The van der Waals surface area contributed by atoms with Gasteiger partial charge in [0.15, 0.2) is 0 Å². The van der Waals surface area contributed by atoms with E-state index in [2.05, 4.69) is 0 Å². The van der Waals surface area contributed by atoms with E-state index in [1.54, 1.807) is 17.0 Å². The van der Waals surface area contributed by atoms with Crippen molar-refractivity contribution in [3.63, 3.8) is 0 Å². The highest BCUT2D eigenvalue weighted by Gasteiger charge is 2.27. The maximum Gasteiger partial charge on any atom is 0.311 e. The summed E-state index contributed by atoms with van der Waals surface area (Å²) in [7, 11) is 0. The number of aliphatic carboxylic acids is 1. The van der Waals surface area contributed by atoms with Crippen LogP contribution >= 0.6 is 23.2 Å². The third-order valence-electron chi connectivity index (χ3n) is 3.48. The van der Waals surface area contributed by atoms with E-state index >= 15 is 0 Å². The standard InChI is InChI=1S/C14H15Cl2NO3/c15-11-4-3-9(7-12(11)16)10(14(19)20)8-13(18)17-5-1-2-6-17/h3-4,7,10H,1-2,5-6,8H2,(H,19,20). The smallest absolute Gasteiger partial charge is 0.311 e. The first-order valence-corrected chi connectivity index (χ1v) is 7.20. The lowest BCUT2D eigenvalue weighted by molar-refractivity contribution is -0.142. The van der Waals surface area contributed by atoms with E-state index in [4.69, 9.17) is 23.2 Å². The lowest BCUT2D eigenvalue weighted by atomic mass is 9.95. The van der Waals surface area contributed by atoms with Crippen molar-refractivity contribution in [3.8, 4) is 0 Å². The molecule has 0 aromatic heterocycles. The predicted molar refractivity (Wildman–Crippen MR) is 77.3 cm³/mol. The van der Waals surface area contributed by atoms with Crippen molar-refractivity contribution >= 4 is 35.1 Å². The number of amides is 1. The lowest BCUT2D eigenvalue weighted by Crippen LogP contribution is -2.30. The Bertz CT molecular complexity index is 527. The molecule has 0 saturated carbocycles. The van der Waals surface area contributed by atoms with Gasteiger partial charge in [-0.25, -0.2) is 0 Å². The number of nitrogens with zero attached hydrogens (tertiary/aromatic N) is 1. The summed E-state index contributed by atoms with van der Waals surface area (Å²) in [4.78, 5) is 25.2. The number of likely N-dealkylation sites (tertiary alicyclic amines) is 1. The van der Waals surface area contributed by atoms with Gasteiger partial charge in [0.25, 0.3) is 0 Å². The van der Waals surface area contributed by atoms with Gasteiger partial charge < -0.3 is 10.0 Å². The minimum atomic E-state index is -1.03. The Kier molecular flexibility index (Phi) is 4.89. The van der Waals surface area contributed by atoms with Gasteiger partial charge in [-0.2, -0.15) is 0 Å². The molecule has 20 heavy (non-hydrogen) atoms. The molecule has 2 rings (SSSR count). The molecule has 1 amide bonds. The first kappa shape index (κ1) is 15.1. The second-order valence-electron chi connectivity index (χ2n) is 4.86. The number of rotatable bonds is 4. The molecule has 0 bridgehead atoms. The molecular formula is C14H15Cl2NO3. The monoisotopic (exact) mass is 315 g/mol. The zero-order valence-corrected chi connectivity index (χ0v) is 12.3. The molecule has 6 heteroatoms. The highest BCUT2D eigenvalue weighted by atomic mass is 35.5. The van der Waals surface area contributed by atoms with Gasteiger partial charge in [-0.3, -0.25) is 9.59 Å². The molecule has 1 unspecified atom stereocenters. The van der Waals surface area contributed by atoms with Gasteiger partial charge in [0, 0.05) is 19.5 Å². The number of hydrogen-bond donors (Lipinski definition) is 1. The van der Waals surface area contributed by atoms with Crippen LogP contribution in [0.2, 0.25) is 10.0 Å². The first-order valence-electron chi connectivity index (χ1n) is 6.44. The lowest BCUT2D eigenvalue weighted by Gasteiger charge is -2.19. The fraction of sp³-hybridized carbons (Fsp3) is 0.429. The van der Waals surface area contributed by atoms with Crippen LogP contribution < -0.4 is 0 Å². The van der Waals surface area contributed by atoms with Gasteiger partial charge in [0.1, 0.15) is 0 Å². The molecule has 1 aromatic carbocycles. The molecule has 4 nitrogen and oxygen atoms in total. The van der Waals surface area contributed by atoms with E-state index in [1.165, 1.54) is 6.07 Å². The topological polar surface area (TPSA) is 57.6 Å². The number of carbonyl (C=O) groups is 2. The molecule has 1 aromatic rings. The van der Waals surface area contributed by atoms with Crippen LogP contribution in [0, 0.1) is 0 Å². The van der Waals surface area contributed by atoms with E-state index < -0.39 is 11.9 Å². The molecule has 1 atom stereocenters. The van der Waals surface area contributed by atoms with Crippen molar-refractivity contribution < 1.29 is 14.7 Å². The number of carboxylic acid groups (broad SMARTS) is 1. The van der Waals surface area contributed by atoms with Gasteiger partial charge in [-0.15, -0.1) is 0 Å². The molecule has 1 aliphatic heterocycles. The minimum Gasteiger partial charge on any atom is -0.481 e. The summed E-state index contributed by atoms with van der Waals surface area (Å²) >= 11 is 11.7. The summed E-state index contributed by atoms with van der Waals surface area (Å²) in [5.41, 5.74) is 0.499. The molecular weight excluding hydrogens is 301 g/mol. The second-order valence-corrected chi connectivity index (χ2v) is 5.67. The van der Waals surface area contributed by atoms with Gasteiger partial charge in [0.2, 0.25) is 5.91 Å². The summed E-state index contributed by atoms with van der Waals surface area (Å²) in [6, 6.07) is 4.67. The van der Waals surface area contributed by atoms with Crippen LogP contribution in [0.4, 0.5) is 0 Å². The highest BCUT2D eigenvalue weighted by Crippen LogP contribution is 2.29. The van der Waals surface area contributed by atoms with Crippen molar-refractivity contribution in [2.75, 3.05) is 13.1 Å². The van der Waals surface area contributed by atoms with Crippen molar-refractivity contribution in [3.05, 3.63) is 33.8 Å². The Balaban J connectivity index is 2.16. The van der Waals surface area contributed by atoms with Crippen LogP contribution in [-0.2, 0) is 9.59 Å². The van der Waals surface area contributed by atoms with Crippen molar-refractivity contribution in [2.24, 2.45) is 0 Å². The van der Waals surface area contributed by atoms with Crippen molar-refractivity contribution in [1.82, 2.24) is 4.90 Å². The summed E-state index contributed by atoms with van der Waals surface area (Å²) < 4.78 is 0. The number of hydrogen-bond acceptors (Lipinski definition) is 2. The Hall–Kier alpha value is -1.26. The number of benzene rings is 1. The molecule has 1 aliphatic rings. The second kappa shape index (κ2) is 6.46. The molecule has 1 saturated heterocycles. The molecule has 108 valence electrons. The summed E-state index contributed by atoms with van der Waals surface area (Å²) in [6.07, 6.45) is 1.92. The molecule has 1 N–H and O–H groups in total. The maximum absolute atomic E-state index is 12.1. The van der Waals surface area contributed by atoms with Gasteiger partial charge in [-0.1, -0.05) is 29.3 Å². The third-order valence-corrected chi connectivity index (χ3v) is 4.22. The number of halogens is 2. The fourth-order valence-electron chi connectivity index (χ4n) is 2.35. The largest absolute Gasteiger partial charge is 0.481 e. The van der Waals surface area contributed by atoms with Crippen LogP contribution in [0.25, 0.3) is 0 Å². The molecule has 0 aliphatic carbocycles. The van der Waals surface area contributed by atoms with Crippen molar-refractivity contribution in [2.45, 2.75) is 25.2 Å². The van der Waals surface area contributed by atoms with Crippen LogP contribution in [0.5, 0.6) is 0 Å². The van der Waals surface area contributed by atoms with Crippen LogP contribution in [0.15, 0.2) is 18.2 Å². The number of carboxylic acids is 1. The van der Waals surface area contributed by atoms with E-state index in [0.29, 0.717) is 28.7 Å². The molecule has 0 spiro atoms. The van der Waals surface area contributed by atoms with Crippen LogP contribution in [0.3, 0.4) is 0 Å². The SMILES string of the molecule is O=C(O)C(CC(=O)N1CCCC1)c1ccc(Cl)c(Cl)c1. The third kappa shape index (κ3) is 3.44.